The number of ether oxygens (including phenoxy) is 1. The zero-order valence-corrected chi connectivity index (χ0v) is 12.9. The normalized spacial score (nSPS) is 10.2. The quantitative estimate of drug-likeness (QED) is 0.657. The standard InChI is InChI=1S/C16H18N2O2S/c1-11-6-7-12(8-15(11)17)18-16(19)10-21-14-5-3-4-13(9-14)20-2/h3-9H,10,17H2,1-2H3,(H,18,19). The number of nitrogens with two attached hydrogens (primary N) is 1. The van der Waals surface area contributed by atoms with E-state index < -0.39 is 0 Å². The molecule has 4 nitrogen and oxygen atoms in total. The molecule has 1 amide bonds. The van der Waals surface area contributed by atoms with Crippen LogP contribution in [0.4, 0.5) is 11.4 Å². The molecule has 0 aliphatic heterocycles. The SMILES string of the molecule is COc1cccc(SCC(=O)Nc2ccc(C)c(N)c2)c1. The zero-order valence-electron chi connectivity index (χ0n) is 12.1. The highest BCUT2D eigenvalue weighted by Crippen LogP contribution is 2.23. The third-order valence-corrected chi connectivity index (χ3v) is 3.97. The van der Waals surface area contributed by atoms with E-state index in [1.54, 1.807) is 13.2 Å². The van der Waals surface area contributed by atoms with E-state index >= 15 is 0 Å². The van der Waals surface area contributed by atoms with Gasteiger partial charge < -0.3 is 15.8 Å². The molecular formula is C16H18N2O2S. The highest BCUT2D eigenvalue weighted by Gasteiger charge is 2.05. The molecule has 0 heterocycles. The maximum Gasteiger partial charge on any atom is 0.234 e. The molecule has 21 heavy (non-hydrogen) atoms. The molecule has 0 aliphatic rings. The summed E-state index contributed by atoms with van der Waals surface area (Å²) in [5, 5.41) is 2.84. The van der Waals surface area contributed by atoms with E-state index in [4.69, 9.17) is 10.5 Å². The van der Waals surface area contributed by atoms with Crippen LogP contribution in [0, 0.1) is 6.92 Å². The largest absolute Gasteiger partial charge is 0.497 e. The second kappa shape index (κ2) is 7.04. The average Bonchev–Trinajstić information content (AvgIpc) is 2.49. The van der Waals surface area contributed by atoms with Crippen molar-refractivity contribution in [3.05, 3.63) is 48.0 Å². The number of rotatable bonds is 5. The van der Waals surface area contributed by atoms with Gasteiger partial charge in [-0.2, -0.15) is 0 Å². The molecule has 110 valence electrons. The Labute approximate surface area is 128 Å². The highest BCUT2D eigenvalue weighted by atomic mass is 32.2. The van der Waals surface area contributed by atoms with Gasteiger partial charge in [-0.15, -0.1) is 11.8 Å². The van der Waals surface area contributed by atoms with E-state index in [0.717, 1.165) is 16.2 Å². The fraction of sp³-hybridized carbons (Fsp3) is 0.188. The fourth-order valence-corrected chi connectivity index (χ4v) is 2.50. The number of nitrogen functional groups attached to an aromatic ring is 1. The summed E-state index contributed by atoms with van der Waals surface area (Å²) in [6.07, 6.45) is 0. The number of methoxy groups -OCH3 is 1. The summed E-state index contributed by atoms with van der Waals surface area (Å²) in [4.78, 5) is 12.9. The maximum atomic E-state index is 11.9. The van der Waals surface area contributed by atoms with E-state index in [1.807, 2.05) is 43.3 Å². The minimum Gasteiger partial charge on any atom is -0.497 e. The van der Waals surface area contributed by atoms with Crippen molar-refractivity contribution >= 4 is 29.0 Å². The second-order valence-electron chi connectivity index (χ2n) is 4.59. The minimum absolute atomic E-state index is 0.0638. The first kappa shape index (κ1) is 15.3. The molecule has 0 saturated carbocycles. The van der Waals surface area contributed by atoms with Gasteiger partial charge in [-0.3, -0.25) is 4.79 Å². The zero-order chi connectivity index (χ0) is 15.2. The Balaban J connectivity index is 1.91. The first-order chi connectivity index (χ1) is 10.1. The van der Waals surface area contributed by atoms with Gasteiger partial charge >= 0.3 is 0 Å². The minimum atomic E-state index is -0.0638. The predicted octanol–water partition coefficient (Wildman–Crippen LogP) is 3.32. The number of hydrogen-bond donors (Lipinski definition) is 2. The molecule has 0 spiro atoms. The van der Waals surface area contributed by atoms with Gasteiger partial charge in [-0.1, -0.05) is 12.1 Å². The van der Waals surface area contributed by atoms with Gasteiger partial charge in [0.15, 0.2) is 0 Å². The Morgan fingerprint density at radius 1 is 1.29 bits per heavy atom. The molecular weight excluding hydrogens is 284 g/mol. The van der Waals surface area contributed by atoms with Gasteiger partial charge in [0.2, 0.25) is 5.91 Å². The van der Waals surface area contributed by atoms with Gasteiger partial charge in [0.25, 0.3) is 0 Å². The lowest BCUT2D eigenvalue weighted by molar-refractivity contribution is -0.113. The number of anilines is 2. The Morgan fingerprint density at radius 3 is 2.81 bits per heavy atom. The lowest BCUT2D eigenvalue weighted by atomic mass is 10.2. The molecule has 0 unspecified atom stereocenters. The predicted molar refractivity (Wildman–Crippen MR) is 87.9 cm³/mol. The van der Waals surface area contributed by atoms with Gasteiger partial charge in [-0.05, 0) is 42.8 Å². The second-order valence-corrected chi connectivity index (χ2v) is 5.64. The molecule has 0 atom stereocenters. The summed E-state index contributed by atoms with van der Waals surface area (Å²) in [5.41, 5.74) is 8.21. The molecule has 2 aromatic rings. The van der Waals surface area contributed by atoms with Crippen molar-refractivity contribution in [3.63, 3.8) is 0 Å². The van der Waals surface area contributed by atoms with Gasteiger partial charge in [0.05, 0.1) is 12.9 Å². The molecule has 5 heteroatoms. The van der Waals surface area contributed by atoms with Crippen LogP contribution in [0.15, 0.2) is 47.4 Å². The van der Waals surface area contributed by atoms with Crippen LogP contribution in [0.25, 0.3) is 0 Å². The molecule has 3 N–H and O–H groups in total. The Bertz CT molecular complexity index is 644. The van der Waals surface area contributed by atoms with Crippen molar-refractivity contribution in [2.24, 2.45) is 0 Å². The summed E-state index contributed by atoms with van der Waals surface area (Å²) < 4.78 is 5.15. The molecule has 2 aromatic carbocycles. The number of thioether (sulfide) groups is 1. The number of nitrogens with one attached hydrogen (secondary N) is 1. The number of amides is 1. The number of benzene rings is 2. The Kier molecular flexibility index (Phi) is 5.11. The van der Waals surface area contributed by atoms with Crippen molar-refractivity contribution in [2.75, 3.05) is 23.9 Å². The van der Waals surface area contributed by atoms with Crippen LogP contribution in [-0.4, -0.2) is 18.8 Å². The van der Waals surface area contributed by atoms with Crippen molar-refractivity contribution in [3.8, 4) is 5.75 Å². The van der Waals surface area contributed by atoms with Crippen LogP contribution in [0.1, 0.15) is 5.56 Å². The van der Waals surface area contributed by atoms with Crippen molar-refractivity contribution in [2.45, 2.75) is 11.8 Å². The van der Waals surface area contributed by atoms with E-state index in [-0.39, 0.29) is 5.91 Å². The summed E-state index contributed by atoms with van der Waals surface area (Å²) in [6, 6.07) is 13.1. The van der Waals surface area contributed by atoms with Crippen molar-refractivity contribution in [1.82, 2.24) is 0 Å². The molecule has 0 aliphatic carbocycles. The molecule has 0 saturated heterocycles. The Hall–Kier alpha value is -2.14. The molecule has 0 fully saturated rings. The highest BCUT2D eigenvalue weighted by molar-refractivity contribution is 8.00. The molecule has 0 radical (unpaired) electrons. The molecule has 2 rings (SSSR count). The topological polar surface area (TPSA) is 64.3 Å². The number of aryl methyl sites for hydroxylation is 1. The number of hydrogen-bond acceptors (Lipinski definition) is 4. The average molecular weight is 302 g/mol. The van der Waals surface area contributed by atoms with Crippen LogP contribution in [0.3, 0.4) is 0 Å². The number of carbonyl (C=O) groups is 1. The van der Waals surface area contributed by atoms with Crippen LogP contribution in [0.5, 0.6) is 5.75 Å². The van der Waals surface area contributed by atoms with E-state index in [9.17, 15) is 4.79 Å². The van der Waals surface area contributed by atoms with Crippen LogP contribution < -0.4 is 15.8 Å². The van der Waals surface area contributed by atoms with Crippen molar-refractivity contribution in [1.29, 1.82) is 0 Å². The van der Waals surface area contributed by atoms with E-state index in [0.29, 0.717) is 17.1 Å². The van der Waals surface area contributed by atoms with Gasteiger partial charge in [0.1, 0.15) is 5.75 Å². The fourth-order valence-electron chi connectivity index (χ4n) is 1.76. The molecule has 0 bridgehead atoms. The smallest absolute Gasteiger partial charge is 0.234 e. The molecule has 0 aromatic heterocycles. The Morgan fingerprint density at radius 2 is 2.10 bits per heavy atom. The van der Waals surface area contributed by atoms with Crippen LogP contribution in [0.2, 0.25) is 0 Å². The summed E-state index contributed by atoms with van der Waals surface area (Å²) in [5.74, 6) is 1.05. The number of carbonyl (C=O) groups excluding carboxylic acids is 1. The monoisotopic (exact) mass is 302 g/mol. The van der Waals surface area contributed by atoms with Crippen LogP contribution in [-0.2, 0) is 4.79 Å². The van der Waals surface area contributed by atoms with Gasteiger partial charge in [0, 0.05) is 16.3 Å². The van der Waals surface area contributed by atoms with E-state index in [1.165, 1.54) is 11.8 Å². The summed E-state index contributed by atoms with van der Waals surface area (Å²) >= 11 is 1.46. The lowest BCUT2D eigenvalue weighted by Crippen LogP contribution is -2.14. The lowest BCUT2D eigenvalue weighted by Gasteiger charge is -2.08. The summed E-state index contributed by atoms with van der Waals surface area (Å²) in [6.45, 7) is 1.93. The first-order valence-corrected chi connectivity index (χ1v) is 7.50. The van der Waals surface area contributed by atoms with Crippen molar-refractivity contribution < 1.29 is 9.53 Å². The van der Waals surface area contributed by atoms with Crippen LogP contribution >= 0.6 is 11.8 Å². The summed E-state index contributed by atoms with van der Waals surface area (Å²) in [7, 11) is 1.62. The maximum absolute atomic E-state index is 11.9. The first-order valence-electron chi connectivity index (χ1n) is 6.51. The van der Waals surface area contributed by atoms with Gasteiger partial charge in [-0.25, -0.2) is 0 Å². The third kappa shape index (κ3) is 4.43. The van der Waals surface area contributed by atoms with E-state index in [2.05, 4.69) is 5.32 Å². The third-order valence-electron chi connectivity index (χ3n) is 2.97.